The van der Waals surface area contributed by atoms with Crippen molar-refractivity contribution < 1.29 is 22.7 Å². The molecule has 1 atom stereocenters. The molecule has 1 aromatic carbocycles. The summed E-state index contributed by atoms with van der Waals surface area (Å²) < 4.78 is 50.4. The van der Waals surface area contributed by atoms with Gasteiger partial charge in [0, 0.05) is 0 Å². The molecule has 0 aromatic heterocycles. The van der Waals surface area contributed by atoms with Gasteiger partial charge in [0.15, 0.2) is 0 Å². The largest absolute Gasteiger partial charge is 0.419 e. The Kier molecular flexibility index (Phi) is 3.78. The van der Waals surface area contributed by atoms with Gasteiger partial charge in [0.1, 0.15) is 5.82 Å². The minimum atomic E-state index is -4.78. The molecule has 0 heterocycles. The highest BCUT2D eigenvalue weighted by Crippen LogP contribution is 2.34. The van der Waals surface area contributed by atoms with Gasteiger partial charge in [-0.2, -0.15) is 13.2 Å². The first-order chi connectivity index (χ1) is 7.68. The van der Waals surface area contributed by atoms with Gasteiger partial charge in [0.25, 0.3) is 0 Å². The molecule has 1 unspecified atom stereocenters. The van der Waals surface area contributed by atoms with E-state index in [4.69, 9.17) is 5.73 Å². The topological polar surface area (TPSA) is 46.2 Å². The van der Waals surface area contributed by atoms with Crippen LogP contribution in [0.25, 0.3) is 0 Å². The normalized spacial score (nSPS) is 15.7. The molecular weight excluding hydrogens is 238 g/mol. The smallest absolute Gasteiger partial charge is 0.385 e. The van der Waals surface area contributed by atoms with Gasteiger partial charge in [0.05, 0.1) is 11.2 Å². The highest BCUT2D eigenvalue weighted by molar-refractivity contribution is 5.30. The quantitative estimate of drug-likeness (QED) is 0.810. The fourth-order valence-corrected chi connectivity index (χ4v) is 1.50. The van der Waals surface area contributed by atoms with Crippen LogP contribution in [0.15, 0.2) is 18.2 Å². The standard InChI is InChI=1S/C11H13F4NO/c1-10(17,4-5-16)7-2-3-9(12)8(6-7)11(13,14)15/h2-3,6,17H,4-5,16H2,1H3. The molecule has 96 valence electrons. The van der Waals surface area contributed by atoms with Crippen LogP contribution in [0.4, 0.5) is 17.6 Å². The number of hydrogen-bond donors (Lipinski definition) is 2. The summed E-state index contributed by atoms with van der Waals surface area (Å²) in [5, 5.41) is 9.90. The fourth-order valence-electron chi connectivity index (χ4n) is 1.50. The molecule has 0 fully saturated rings. The van der Waals surface area contributed by atoms with E-state index in [0.717, 1.165) is 6.07 Å². The molecule has 6 heteroatoms. The Morgan fingerprint density at radius 2 is 1.88 bits per heavy atom. The van der Waals surface area contributed by atoms with E-state index in [0.29, 0.717) is 12.1 Å². The Hall–Kier alpha value is -1.14. The third-order valence-electron chi connectivity index (χ3n) is 2.52. The summed E-state index contributed by atoms with van der Waals surface area (Å²) in [6.45, 7) is 1.46. The maximum Gasteiger partial charge on any atom is 0.419 e. The Labute approximate surface area is 96.1 Å². The predicted molar refractivity (Wildman–Crippen MR) is 54.6 cm³/mol. The van der Waals surface area contributed by atoms with E-state index >= 15 is 0 Å². The molecule has 0 aliphatic rings. The SMILES string of the molecule is CC(O)(CCN)c1ccc(F)c(C(F)(F)F)c1. The van der Waals surface area contributed by atoms with E-state index < -0.39 is 23.2 Å². The molecule has 0 radical (unpaired) electrons. The highest BCUT2D eigenvalue weighted by atomic mass is 19.4. The lowest BCUT2D eigenvalue weighted by molar-refractivity contribution is -0.140. The summed E-state index contributed by atoms with van der Waals surface area (Å²) in [6, 6.07) is 2.44. The molecule has 1 rings (SSSR count). The molecule has 0 bridgehead atoms. The lowest BCUT2D eigenvalue weighted by atomic mass is 9.91. The Morgan fingerprint density at radius 1 is 1.29 bits per heavy atom. The summed E-state index contributed by atoms with van der Waals surface area (Å²) in [6.07, 6.45) is -4.69. The lowest BCUT2D eigenvalue weighted by Crippen LogP contribution is -2.25. The monoisotopic (exact) mass is 251 g/mol. The van der Waals surface area contributed by atoms with Crippen molar-refractivity contribution in [1.82, 2.24) is 0 Å². The average Bonchev–Trinajstić information content (AvgIpc) is 2.15. The number of aliphatic hydroxyl groups is 1. The van der Waals surface area contributed by atoms with Gasteiger partial charge in [-0.25, -0.2) is 4.39 Å². The summed E-state index contributed by atoms with van der Waals surface area (Å²) >= 11 is 0. The maximum absolute atomic E-state index is 13.0. The minimum Gasteiger partial charge on any atom is -0.385 e. The highest BCUT2D eigenvalue weighted by Gasteiger charge is 2.35. The molecule has 3 N–H and O–H groups in total. The van der Waals surface area contributed by atoms with Gasteiger partial charge in [-0.1, -0.05) is 6.07 Å². The molecule has 0 aliphatic heterocycles. The molecule has 17 heavy (non-hydrogen) atoms. The van der Waals surface area contributed by atoms with Crippen molar-refractivity contribution in [3.63, 3.8) is 0 Å². The second kappa shape index (κ2) is 4.62. The number of alkyl halides is 3. The van der Waals surface area contributed by atoms with Crippen LogP contribution in [-0.2, 0) is 11.8 Å². The van der Waals surface area contributed by atoms with Gasteiger partial charge >= 0.3 is 6.18 Å². The molecule has 0 spiro atoms. The van der Waals surface area contributed by atoms with Gasteiger partial charge in [-0.3, -0.25) is 0 Å². The second-order valence-electron chi connectivity index (χ2n) is 4.00. The lowest BCUT2D eigenvalue weighted by Gasteiger charge is -2.24. The van der Waals surface area contributed by atoms with Crippen molar-refractivity contribution in [3.05, 3.63) is 35.1 Å². The maximum atomic E-state index is 13.0. The van der Waals surface area contributed by atoms with Crippen LogP contribution >= 0.6 is 0 Å². The van der Waals surface area contributed by atoms with E-state index in [1.165, 1.54) is 6.92 Å². The minimum absolute atomic E-state index is 0.00308. The van der Waals surface area contributed by atoms with E-state index in [2.05, 4.69) is 0 Å². The van der Waals surface area contributed by atoms with Crippen molar-refractivity contribution >= 4 is 0 Å². The van der Waals surface area contributed by atoms with E-state index in [-0.39, 0.29) is 18.5 Å². The molecular formula is C11H13F4NO. The van der Waals surface area contributed by atoms with Crippen LogP contribution in [0, 0.1) is 5.82 Å². The first-order valence-corrected chi connectivity index (χ1v) is 4.98. The zero-order chi connectivity index (χ0) is 13.3. The summed E-state index contributed by atoms with van der Waals surface area (Å²) in [7, 11) is 0. The second-order valence-corrected chi connectivity index (χ2v) is 4.00. The van der Waals surface area contributed by atoms with Crippen LogP contribution in [-0.4, -0.2) is 11.7 Å². The van der Waals surface area contributed by atoms with Crippen LogP contribution < -0.4 is 5.73 Å². The number of hydrogen-bond acceptors (Lipinski definition) is 2. The van der Waals surface area contributed by atoms with Gasteiger partial charge < -0.3 is 10.8 Å². The Morgan fingerprint density at radius 3 is 2.35 bits per heavy atom. The number of benzene rings is 1. The molecule has 2 nitrogen and oxygen atoms in total. The molecule has 0 aliphatic carbocycles. The zero-order valence-corrected chi connectivity index (χ0v) is 9.18. The molecule has 0 saturated heterocycles. The zero-order valence-electron chi connectivity index (χ0n) is 9.18. The van der Waals surface area contributed by atoms with Crippen molar-refractivity contribution in [1.29, 1.82) is 0 Å². The van der Waals surface area contributed by atoms with E-state index in [1.54, 1.807) is 0 Å². The first kappa shape index (κ1) is 13.9. The van der Waals surface area contributed by atoms with Crippen LogP contribution in [0.3, 0.4) is 0 Å². The van der Waals surface area contributed by atoms with Crippen molar-refractivity contribution in [2.45, 2.75) is 25.1 Å². The van der Waals surface area contributed by atoms with E-state index in [9.17, 15) is 22.7 Å². The first-order valence-electron chi connectivity index (χ1n) is 4.98. The van der Waals surface area contributed by atoms with Gasteiger partial charge in [-0.15, -0.1) is 0 Å². The average molecular weight is 251 g/mol. The predicted octanol–water partition coefficient (Wildman–Crippen LogP) is 2.40. The number of nitrogens with two attached hydrogens (primary N) is 1. The van der Waals surface area contributed by atoms with Crippen LogP contribution in [0.5, 0.6) is 0 Å². The molecule has 0 saturated carbocycles. The molecule has 1 aromatic rings. The van der Waals surface area contributed by atoms with Gasteiger partial charge in [-0.05, 0) is 37.6 Å². The summed E-state index contributed by atoms with van der Waals surface area (Å²) in [5.41, 5.74) is 2.37. The van der Waals surface area contributed by atoms with E-state index in [1.807, 2.05) is 0 Å². The summed E-state index contributed by atoms with van der Waals surface area (Å²) in [4.78, 5) is 0. The third kappa shape index (κ3) is 3.17. The number of rotatable bonds is 3. The number of halogens is 4. The van der Waals surface area contributed by atoms with Crippen LogP contribution in [0.1, 0.15) is 24.5 Å². The van der Waals surface area contributed by atoms with Crippen molar-refractivity contribution in [3.8, 4) is 0 Å². The fraction of sp³-hybridized carbons (Fsp3) is 0.455. The molecule has 0 amide bonds. The van der Waals surface area contributed by atoms with Crippen LogP contribution in [0.2, 0.25) is 0 Å². The summed E-state index contributed by atoms with van der Waals surface area (Å²) in [5.74, 6) is -1.36. The Balaban J connectivity index is 3.22. The van der Waals surface area contributed by atoms with Gasteiger partial charge in [0.2, 0.25) is 0 Å². The third-order valence-corrected chi connectivity index (χ3v) is 2.52. The van der Waals surface area contributed by atoms with Crippen molar-refractivity contribution in [2.24, 2.45) is 5.73 Å². The Bertz CT molecular complexity index is 401. The van der Waals surface area contributed by atoms with Crippen molar-refractivity contribution in [2.75, 3.05) is 6.54 Å².